The maximum absolute atomic E-state index is 6.32. The molecule has 1 heterocycles. The van der Waals surface area contributed by atoms with Gasteiger partial charge in [-0.2, -0.15) is 0 Å². The molecule has 254 valence electrons. The van der Waals surface area contributed by atoms with Crippen molar-refractivity contribution in [3.63, 3.8) is 0 Å². The first-order valence-corrected chi connectivity index (χ1v) is 18.8. The molecule has 2 aliphatic carbocycles. The van der Waals surface area contributed by atoms with Gasteiger partial charge in [-0.15, -0.1) is 0 Å². The zero-order chi connectivity index (χ0) is 35.6. The molecule has 9 aromatic rings. The molecule has 0 bridgehead atoms. The fraction of sp³-hybridized carbons (Fsp3) is 0.0385. The van der Waals surface area contributed by atoms with Gasteiger partial charge in [-0.05, 0) is 98.1 Å². The Labute approximate surface area is 314 Å². The van der Waals surface area contributed by atoms with E-state index in [1.807, 2.05) is 6.07 Å². The van der Waals surface area contributed by atoms with Crippen molar-refractivity contribution in [3.8, 4) is 22.3 Å². The fourth-order valence-corrected chi connectivity index (χ4v) is 8.91. The second kappa shape index (κ2) is 12.4. The van der Waals surface area contributed by atoms with Crippen LogP contribution < -0.4 is 4.90 Å². The van der Waals surface area contributed by atoms with Gasteiger partial charge in [0.2, 0.25) is 0 Å². The third-order valence-corrected chi connectivity index (χ3v) is 11.4. The van der Waals surface area contributed by atoms with Gasteiger partial charge in [0.1, 0.15) is 11.2 Å². The minimum atomic E-state index is 0.330. The minimum Gasteiger partial charge on any atom is -0.456 e. The molecule has 2 atom stereocenters. The first-order valence-electron chi connectivity index (χ1n) is 18.8. The van der Waals surface area contributed by atoms with Crippen LogP contribution in [0.4, 0.5) is 17.1 Å². The van der Waals surface area contributed by atoms with E-state index in [0.717, 1.165) is 39.0 Å². The lowest BCUT2D eigenvalue weighted by molar-refractivity contribution is 0.669. The van der Waals surface area contributed by atoms with Crippen LogP contribution in [0.1, 0.15) is 17.0 Å². The first kappa shape index (κ1) is 30.7. The van der Waals surface area contributed by atoms with Crippen molar-refractivity contribution >= 4 is 66.6 Å². The number of fused-ring (bicyclic) bond motifs is 10. The van der Waals surface area contributed by atoms with E-state index in [0.29, 0.717) is 11.8 Å². The number of allylic oxidation sites excluding steroid dienone is 5. The maximum atomic E-state index is 6.32. The maximum Gasteiger partial charge on any atom is 0.136 e. The highest BCUT2D eigenvalue weighted by Gasteiger charge is 2.27. The van der Waals surface area contributed by atoms with Gasteiger partial charge in [-0.25, -0.2) is 0 Å². The minimum absolute atomic E-state index is 0.330. The molecule has 0 aliphatic heterocycles. The van der Waals surface area contributed by atoms with E-state index in [9.17, 15) is 0 Å². The summed E-state index contributed by atoms with van der Waals surface area (Å²) in [4.78, 5) is 2.41. The van der Waals surface area contributed by atoms with Crippen molar-refractivity contribution < 1.29 is 4.42 Å². The number of hydrogen-bond acceptors (Lipinski definition) is 2. The second-order valence-corrected chi connectivity index (χ2v) is 14.4. The molecule has 0 radical (unpaired) electrons. The number of nitrogens with zero attached hydrogens (tertiary/aromatic N) is 1. The summed E-state index contributed by atoms with van der Waals surface area (Å²) in [6.07, 6.45) is 13.7. The lowest BCUT2D eigenvalue weighted by Gasteiger charge is -2.30. The van der Waals surface area contributed by atoms with Crippen LogP contribution in [0.5, 0.6) is 0 Å². The summed E-state index contributed by atoms with van der Waals surface area (Å²) >= 11 is 0. The normalized spacial score (nSPS) is 15.9. The Balaban J connectivity index is 1.10. The standard InChI is InChI=1S/C52H35NO/c1-2-11-34(12-3-1)39-15-8-16-41(33-39)53(47-21-10-20-45-44(47)31-32-49-52(45)46-18-6-7-22-48(46)54-49)40-29-27-36(28-30-40)43-19-9-14-37-25-26-38-24-23-35-13-4-5-17-42(35)51(38)50(37)43/h1-33,35,42H. The smallest absolute Gasteiger partial charge is 0.136 e. The molecule has 0 fully saturated rings. The molecular formula is C52H35NO. The highest BCUT2D eigenvalue weighted by atomic mass is 16.3. The second-order valence-electron chi connectivity index (χ2n) is 14.4. The molecule has 2 unspecified atom stereocenters. The van der Waals surface area contributed by atoms with Crippen LogP contribution in [0.2, 0.25) is 0 Å². The molecule has 11 rings (SSSR count). The van der Waals surface area contributed by atoms with Crippen LogP contribution in [0.15, 0.2) is 199 Å². The monoisotopic (exact) mass is 689 g/mol. The zero-order valence-corrected chi connectivity index (χ0v) is 29.6. The summed E-state index contributed by atoms with van der Waals surface area (Å²) in [5.41, 5.74) is 12.7. The first-order chi connectivity index (χ1) is 26.8. The molecular weight excluding hydrogens is 655 g/mol. The van der Waals surface area contributed by atoms with Crippen molar-refractivity contribution in [2.24, 2.45) is 5.92 Å². The predicted octanol–water partition coefficient (Wildman–Crippen LogP) is 14.5. The Morgan fingerprint density at radius 3 is 2.19 bits per heavy atom. The topological polar surface area (TPSA) is 16.4 Å². The summed E-state index contributed by atoms with van der Waals surface area (Å²) in [6.45, 7) is 0. The van der Waals surface area contributed by atoms with Crippen LogP contribution in [-0.4, -0.2) is 0 Å². The van der Waals surface area contributed by atoms with Crippen LogP contribution in [0.3, 0.4) is 0 Å². The van der Waals surface area contributed by atoms with Gasteiger partial charge in [-0.1, -0.05) is 152 Å². The van der Waals surface area contributed by atoms with Gasteiger partial charge in [0, 0.05) is 39.4 Å². The van der Waals surface area contributed by atoms with Crippen molar-refractivity contribution in [2.45, 2.75) is 5.92 Å². The van der Waals surface area contributed by atoms with Crippen LogP contribution in [0, 0.1) is 5.92 Å². The third kappa shape index (κ3) is 4.88. The third-order valence-electron chi connectivity index (χ3n) is 11.4. The molecule has 54 heavy (non-hydrogen) atoms. The molecule has 2 aliphatic rings. The van der Waals surface area contributed by atoms with E-state index in [2.05, 4.69) is 199 Å². The quantitative estimate of drug-likeness (QED) is 0.179. The molecule has 1 aromatic heterocycles. The number of furan rings is 1. The summed E-state index contributed by atoms with van der Waals surface area (Å²) < 4.78 is 6.32. The number of hydrogen-bond donors (Lipinski definition) is 0. The van der Waals surface area contributed by atoms with Gasteiger partial charge in [0.05, 0.1) is 5.69 Å². The van der Waals surface area contributed by atoms with Crippen molar-refractivity contribution in [1.29, 1.82) is 0 Å². The Kier molecular flexibility index (Phi) is 7.03. The molecule has 2 nitrogen and oxygen atoms in total. The van der Waals surface area contributed by atoms with Crippen molar-refractivity contribution in [1.82, 2.24) is 0 Å². The average Bonchev–Trinajstić information content (AvgIpc) is 3.63. The summed E-state index contributed by atoms with van der Waals surface area (Å²) in [5.74, 6) is 0.711. The molecule has 0 saturated carbocycles. The Morgan fingerprint density at radius 2 is 1.26 bits per heavy atom. The van der Waals surface area contributed by atoms with E-state index < -0.39 is 0 Å². The van der Waals surface area contributed by atoms with Gasteiger partial charge in [-0.3, -0.25) is 0 Å². The van der Waals surface area contributed by atoms with Gasteiger partial charge >= 0.3 is 0 Å². The van der Waals surface area contributed by atoms with Crippen LogP contribution in [0.25, 0.3) is 71.8 Å². The lowest BCUT2D eigenvalue weighted by atomic mass is 9.74. The Morgan fingerprint density at radius 1 is 0.463 bits per heavy atom. The van der Waals surface area contributed by atoms with E-state index in [4.69, 9.17) is 4.42 Å². The number of benzene rings is 8. The molecule has 2 heteroatoms. The lowest BCUT2D eigenvalue weighted by Crippen LogP contribution is -2.14. The predicted molar refractivity (Wildman–Crippen MR) is 228 cm³/mol. The van der Waals surface area contributed by atoms with Crippen LogP contribution >= 0.6 is 0 Å². The van der Waals surface area contributed by atoms with Gasteiger partial charge < -0.3 is 9.32 Å². The van der Waals surface area contributed by atoms with E-state index >= 15 is 0 Å². The Hall–Kier alpha value is -6.90. The van der Waals surface area contributed by atoms with Crippen LogP contribution in [-0.2, 0) is 0 Å². The average molecular weight is 690 g/mol. The summed E-state index contributed by atoms with van der Waals surface area (Å²) in [7, 11) is 0. The van der Waals surface area contributed by atoms with Gasteiger partial charge in [0.25, 0.3) is 0 Å². The molecule has 0 saturated heterocycles. The fourth-order valence-electron chi connectivity index (χ4n) is 8.91. The number of para-hydroxylation sites is 1. The Bertz CT molecular complexity index is 3000. The zero-order valence-electron chi connectivity index (χ0n) is 29.6. The molecule has 8 aromatic carbocycles. The number of anilines is 3. The SMILES string of the molecule is C1=CC2C=Cc3ccc4cccc(-c5ccc(N(c6cccc(-c7ccccc7)c6)c6cccc7c6ccc6oc8ccccc8c67)cc5)c4c3C2C=C1. The van der Waals surface area contributed by atoms with E-state index in [1.165, 1.54) is 54.9 Å². The summed E-state index contributed by atoms with van der Waals surface area (Å²) in [5, 5.41) is 7.26. The van der Waals surface area contributed by atoms with Crippen molar-refractivity contribution in [3.05, 3.63) is 205 Å². The molecule has 0 spiro atoms. The van der Waals surface area contributed by atoms with E-state index in [1.54, 1.807) is 0 Å². The molecule has 0 N–H and O–H groups in total. The van der Waals surface area contributed by atoms with Gasteiger partial charge in [0.15, 0.2) is 0 Å². The van der Waals surface area contributed by atoms with Crippen molar-refractivity contribution in [2.75, 3.05) is 4.90 Å². The highest BCUT2D eigenvalue weighted by molar-refractivity contribution is 6.21. The summed E-state index contributed by atoms with van der Waals surface area (Å²) in [6, 6.07) is 59.3. The van der Waals surface area contributed by atoms with E-state index in [-0.39, 0.29) is 0 Å². The largest absolute Gasteiger partial charge is 0.456 e. The molecule has 0 amide bonds. The highest BCUT2D eigenvalue weighted by Crippen LogP contribution is 2.47. The number of rotatable bonds is 5.